The molecule has 1 N–H and O–H groups in total. The molecule has 5 nitrogen and oxygen atoms in total. The number of hydrogen-bond acceptors (Lipinski definition) is 5. The molecule has 1 aromatic carbocycles. The van der Waals surface area contributed by atoms with Gasteiger partial charge in [0.05, 0.1) is 36.3 Å². The molecule has 1 heterocycles. The van der Waals surface area contributed by atoms with Gasteiger partial charge in [-0.2, -0.15) is 5.26 Å². The Hall–Kier alpha value is -2.81. The van der Waals surface area contributed by atoms with Crippen LogP contribution in [0.25, 0.3) is 0 Å². The monoisotopic (exact) mass is 344 g/mol. The first-order valence-corrected chi connectivity index (χ1v) is 7.93. The lowest BCUT2D eigenvalue weighted by Gasteiger charge is -2.29. The summed E-state index contributed by atoms with van der Waals surface area (Å²) in [5.74, 6) is -1.39. The molecule has 1 aromatic rings. The number of nitrogens with zero attached hydrogens (tertiary/aromatic N) is 1. The molecule has 0 saturated carbocycles. The average molecular weight is 344 g/mol. The van der Waals surface area contributed by atoms with Crippen LogP contribution in [-0.4, -0.2) is 19.2 Å². The van der Waals surface area contributed by atoms with Gasteiger partial charge in [-0.25, -0.2) is 9.18 Å². The number of ether oxygens (including phenoxy) is 2. The van der Waals surface area contributed by atoms with E-state index in [-0.39, 0.29) is 11.9 Å². The maximum absolute atomic E-state index is 13.6. The van der Waals surface area contributed by atoms with Gasteiger partial charge in [-0.05, 0) is 33.8 Å². The first-order chi connectivity index (χ1) is 11.8. The highest BCUT2D eigenvalue weighted by Crippen LogP contribution is 2.42. The highest BCUT2D eigenvalue weighted by molar-refractivity contribution is 5.93. The zero-order chi connectivity index (χ0) is 18.7. The second-order valence-corrected chi connectivity index (χ2v) is 6.09. The Morgan fingerprint density at radius 2 is 2.00 bits per heavy atom. The number of nitrogens with one attached hydrogen (secondary N) is 1. The molecule has 25 heavy (non-hydrogen) atoms. The van der Waals surface area contributed by atoms with E-state index in [1.165, 1.54) is 25.3 Å². The van der Waals surface area contributed by atoms with Crippen LogP contribution < -0.4 is 10.1 Å². The summed E-state index contributed by atoms with van der Waals surface area (Å²) in [6.07, 6.45) is -0.305. The number of nitriles is 1. The Labute approximate surface area is 146 Å². The SMILES string of the molecule is COc1cc(F)ccc1C1C(C#N)=C(C)NC(C)=C1C(=O)OC(C)C. The summed E-state index contributed by atoms with van der Waals surface area (Å²) in [4.78, 5) is 12.7. The molecule has 1 unspecified atom stereocenters. The quantitative estimate of drug-likeness (QED) is 0.846. The van der Waals surface area contributed by atoms with E-state index in [0.717, 1.165) is 0 Å². The van der Waals surface area contributed by atoms with Crippen molar-refractivity contribution in [1.82, 2.24) is 5.32 Å². The Balaban J connectivity index is 2.68. The van der Waals surface area contributed by atoms with Crippen molar-refractivity contribution in [2.45, 2.75) is 39.7 Å². The number of dihydropyridines is 1. The van der Waals surface area contributed by atoms with E-state index in [0.29, 0.717) is 28.1 Å². The molecule has 6 heteroatoms. The summed E-state index contributed by atoms with van der Waals surface area (Å²) < 4.78 is 24.2. The number of hydrogen-bond donors (Lipinski definition) is 1. The van der Waals surface area contributed by atoms with Crippen molar-refractivity contribution in [1.29, 1.82) is 5.26 Å². The lowest BCUT2D eigenvalue weighted by molar-refractivity contribution is -0.143. The highest BCUT2D eigenvalue weighted by atomic mass is 19.1. The van der Waals surface area contributed by atoms with Gasteiger partial charge in [0.2, 0.25) is 0 Å². The smallest absolute Gasteiger partial charge is 0.337 e. The molecule has 0 aromatic heterocycles. The summed E-state index contributed by atoms with van der Waals surface area (Å²) in [6.45, 7) is 7.01. The van der Waals surface area contributed by atoms with Gasteiger partial charge in [-0.3, -0.25) is 0 Å². The normalized spacial score (nSPS) is 17.3. The largest absolute Gasteiger partial charge is 0.496 e. The molecule has 0 spiro atoms. The molecule has 1 atom stereocenters. The van der Waals surface area contributed by atoms with Gasteiger partial charge in [0.25, 0.3) is 0 Å². The van der Waals surface area contributed by atoms with Crippen molar-refractivity contribution in [2.24, 2.45) is 0 Å². The predicted octanol–water partition coefficient (Wildman–Crippen LogP) is 3.54. The molecule has 0 amide bonds. The third-order valence-electron chi connectivity index (χ3n) is 3.95. The van der Waals surface area contributed by atoms with Gasteiger partial charge in [0.15, 0.2) is 0 Å². The fourth-order valence-corrected chi connectivity index (χ4v) is 2.92. The molecular weight excluding hydrogens is 323 g/mol. The standard InChI is InChI=1S/C19H21FN2O3/c1-10(2)25-19(23)17-12(4)22-11(3)15(9-21)18(17)14-7-6-13(20)8-16(14)24-5/h6-8,10,18,22H,1-5H3. The first kappa shape index (κ1) is 18.5. The van der Waals surface area contributed by atoms with Crippen LogP contribution in [-0.2, 0) is 9.53 Å². The van der Waals surface area contributed by atoms with E-state index in [1.54, 1.807) is 27.7 Å². The lowest BCUT2D eigenvalue weighted by Crippen LogP contribution is -2.30. The minimum atomic E-state index is -0.687. The van der Waals surface area contributed by atoms with Crippen LogP contribution in [0.3, 0.4) is 0 Å². The maximum atomic E-state index is 13.6. The van der Waals surface area contributed by atoms with Crippen molar-refractivity contribution < 1.29 is 18.7 Å². The second-order valence-electron chi connectivity index (χ2n) is 6.09. The summed E-state index contributed by atoms with van der Waals surface area (Å²) in [5, 5.41) is 12.7. The topological polar surface area (TPSA) is 71.3 Å². The third-order valence-corrected chi connectivity index (χ3v) is 3.95. The zero-order valence-electron chi connectivity index (χ0n) is 14.9. The molecule has 0 fully saturated rings. The van der Waals surface area contributed by atoms with Gasteiger partial charge < -0.3 is 14.8 Å². The van der Waals surface area contributed by atoms with Crippen LogP contribution in [0.15, 0.2) is 40.7 Å². The predicted molar refractivity (Wildman–Crippen MR) is 91.1 cm³/mol. The van der Waals surface area contributed by atoms with Crippen molar-refractivity contribution >= 4 is 5.97 Å². The highest BCUT2D eigenvalue weighted by Gasteiger charge is 2.36. The average Bonchev–Trinajstić information content (AvgIpc) is 2.53. The molecule has 2 rings (SSSR count). The van der Waals surface area contributed by atoms with Crippen molar-refractivity contribution in [3.05, 3.63) is 52.1 Å². The molecule has 1 aliphatic rings. The summed E-state index contributed by atoms with van der Waals surface area (Å²) in [5.41, 5.74) is 2.46. The van der Waals surface area contributed by atoms with E-state index >= 15 is 0 Å². The van der Waals surface area contributed by atoms with Gasteiger partial charge in [-0.15, -0.1) is 0 Å². The van der Waals surface area contributed by atoms with Gasteiger partial charge in [-0.1, -0.05) is 6.07 Å². The van der Waals surface area contributed by atoms with E-state index in [2.05, 4.69) is 11.4 Å². The third kappa shape index (κ3) is 3.66. The number of rotatable bonds is 4. The number of carbonyl (C=O) groups excluding carboxylic acids is 1. The van der Waals surface area contributed by atoms with E-state index < -0.39 is 17.7 Å². The van der Waals surface area contributed by atoms with Crippen LogP contribution in [0.2, 0.25) is 0 Å². The van der Waals surface area contributed by atoms with Crippen molar-refractivity contribution in [2.75, 3.05) is 7.11 Å². The molecule has 0 bridgehead atoms. The Kier molecular flexibility index (Phi) is 5.48. The number of esters is 1. The van der Waals surface area contributed by atoms with E-state index in [1.807, 2.05) is 0 Å². The number of methoxy groups -OCH3 is 1. The molecule has 0 saturated heterocycles. The minimum absolute atomic E-state index is 0.273. The number of benzene rings is 1. The first-order valence-electron chi connectivity index (χ1n) is 7.93. The fourth-order valence-electron chi connectivity index (χ4n) is 2.92. The van der Waals surface area contributed by atoms with Crippen LogP contribution in [0.5, 0.6) is 5.75 Å². The summed E-state index contributed by atoms with van der Waals surface area (Å²) >= 11 is 0. The maximum Gasteiger partial charge on any atom is 0.337 e. The zero-order valence-corrected chi connectivity index (χ0v) is 14.9. The van der Waals surface area contributed by atoms with E-state index in [9.17, 15) is 14.4 Å². The number of allylic oxidation sites excluding steroid dienone is 3. The molecule has 0 radical (unpaired) electrons. The Morgan fingerprint density at radius 1 is 1.32 bits per heavy atom. The number of halogens is 1. The lowest BCUT2D eigenvalue weighted by atomic mass is 9.80. The van der Waals surface area contributed by atoms with Crippen molar-refractivity contribution in [3.8, 4) is 11.8 Å². The van der Waals surface area contributed by atoms with Crippen LogP contribution in [0, 0.1) is 17.1 Å². The molecule has 132 valence electrons. The molecule has 1 aliphatic heterocycles. The summed E-state index contributed by atoms with van der Waals surface area (Å²) in [6, 6.07) is 6.21. The number of carbonyl (C=O) groups is 1. The minimum Gasteiger partial charge on any atom is -0.496 e. The fraction of sp³-hybridized carbons (Fsp3) is 0.368. The van der Waals surface area contributed by atoms with Crippen LogP contribution >= 0.6 is 0 Å². The van der Waals surface area contributed by atoms with Gasteiger partial charge in [0.1, 0.15) is 11.6 Å². The second kappa shape index (κ2) is 7.39. The molecular formula is C19H21FN2O3. The van der Waals surface area contributed by atoms with Crippen LogP contribution in [0.4, 0.5) is 4.39 Å². The van der Waals surface area contributed by atoms with Gasteiger partial charge >= 0.3 is 5.97 Å². The molecule has 0 aliphatic carbocycles. The Morgan fingerprint density at radius 3 is 2.56 bits per heavy atom. The Bertz CT molecular complexity index is 803. The van der Waals surface area contributed by atoms with Crippen LogP contribution in [0.1, 0.15) is 39.2 Å². The van der Waals surface area contributed by atoms with Crippen molar-refractivity contribution in [3.63, 3.8) is 0 Å². The summed E-state index contributed by atoms with van der Waals surface area (Å²) in [7, 11) is 1.42. The van der Waals surface area contributed by atoms with Gasteiger partial charge in [0, 0.05) is 23.0 Å². The van der Waals surface area contributed by atoms with E-state index in [4.69, 9.17) is 9.47 Å².